The van der Waals surface area contributed by atoms with Crippen LogP contribution in [0.5, 0.6) is 0 Å². The van der Waals surface area contributed by atoms with Gasteiger partial charge in [-0.1, -0.05) is 60.7 Å². The molecule has 0 aliphatic rings. The number of nitrogens with one attached hydrogen (secondary N) is 2. The van der Waals surface area contributed by atoms with Crippen LogP contribution in [0, 0.1) is 0 Å². The quantitative estimate of drug-likeness (QED) is 0.169. The van der Waals surface area contributed by atoms with Gasteiger partial charge in [-0.05, 0) is 63.1 Å². The average Bonchev–Trinajstić information content (AvgIpc) is 2.92. The second-order valence-electron chi connectivity index (χ2n) is 8.24. The highest BCUT2D eigenvalue weighted by molar-refractivity contribution is 7.54. The van der Waals surface area contributed by atoms with Gasteiger partial charge in [0.2, 0.25) is 0 Å². The van der Waals surface area contributed by atoms with Gasteiger partial charge >= 0.3 is 15.2 Å². The van der Waals surface area contributed by atoms with Crippen molar-refractivity contribution in [2.45, 2.75) is 39.3 Å². The summed E-state index contributed by atoms with van der Waals surface area (Å²) in [5.41, 5.74) is 2.96. The monoisotopic (exact) mass is 560 g/mol. The normalized spacial score (nSPS) is 13.6. The van der Waals surface area contributed by atoms with Crippen LogP contribution >= 0.6 is 15.2 Å². The van der Waals surface area contributed by atoms with Crippen LogP contribution in [0.1, 0.15) is 50.4 Å². The molecule has 2 atom stereocenters. The standard InChI is InChI=1S/C28H38N2O6P2/c1-5-33-37(31,34-6-2)27(29-25-15-11-9-12-16-25)23-19-21-24(22-20-23)28(30-26-17-13-10-14-18-26)38(32,35-7-3)36-8-4/h9-22,27-30H,5-8H2,1-4H3. The summed E-state index contributed by atoms with van der Waals surface area (Å²) < 4.78 is 50.6. The summed E-state index contributed by atoms with van der Waals surface area (Å²) in [5, 5.41) is 6.66. The summed E-state index contributed by atoms with van der Waals surface area (Å²) in [6.45, 7) is 8.07. The molecule has 0 heterocycles. The molecule has 0 saturated heterocycles. The Balaban J connectivity index is 2.04. The molecular weight excluding hydrogens is 522 g/mol. The molecule has 0 aromatic heterocycles. The minimum absolute atomic E-state index is 0.233. The Hall–Kier alpha value is -2.44. The van der Waals surface area contributed by atoms with Crippen molar-refractivity contribution >= 4 is 26.6 Å². The van der Waals surface area contributed by atoms with Gasteiger partial charge in [0.05, 0.1) is 26.4 Å². The fraction of sp³-hybridized carbons (Fsp3) is 0.357. The zero-order chi connectivity index (χ0) is 27.4. The lowest BCUT2D eigenvalue weighted by molar-refractivity contribution is 0.213. The van der Waals surface area contributed by atoms with E-state index in [2.05, 4.69) is 10.6 Å². The maximum atomic E-state index is 13.9. The number of hydrogen-bond donors (Lipinski definition) is 2. The van der Waals surface area contributed by atoms with Crippen molar-refractivity contribution in [3.05, 3.63) is 96.1 Å². The van der Waals surface area contributed by atoms with Gasteiger partial charge in [-0.15, -0.1) is 0 Å². The van der Waals surface area contributed by atoms with Crippen LogP contribution in [0.3, 0.4) is 0 Å². The van der Waals surface area contributed by atoms with Gasteiger partial charge in [-0.3, -0.25) is 9.13 Å². The van der Waals surface area contributed by atoms with Gasteiger partial charge in [-0.2, -0.15) is 0 Å². The van der Waals surface area contributed by atoms with Crippen LogP contribution in [0.25, 0.3) is 0 Å². The molecule has 0 saturated carbocycles. The predicted molar refractivity (Wildman–Crippen MR) is 154 cm³/mol. The largest absolute Gasteiger partial charge is 0.368 e. The van der Waals surface area contributed by atoms with Gasteiger partial charge in [-0.25, -0.2) is 0 Å². The van der Waals surface area contributed by atoms with Gasteiger partial charge in [0.1, 0.15) is 0 Å². The minimum Gasteiger partial charge on any atom is -0.368 e. The molecule has 206 valence electrons. The van der Waals surface area contributed by atoms with E-state index >= 15 is 0 Å². The Bertz CT molecular complexity index is 1080. The third-order valence-electron chi connectivity index (χ3n) is 5.59. The van der Waals surface area contributed by atoms with Crippen molar-refractivity contribution in [3.8, 4) is 0 Å². The molecule has 0 spiro atoms. The molecule has 38 heavy (non-hydrogen) atoms. The van der Waals surface area contributed by atoms with Crippen molar-refractivity contribution < 1.29 is 27.2 Å². The number of para-hydroxylation sites is 2. The molecule has 2 unspecified atom stereocenters. The van der Waals surface area contributed by atoms with Gasteiger partial charge in [0, 0.05) is 11.4 Å². The van der Waals surface area contributed by atoms with Gasteiger partial charge in [0.15, 0.2) is 11.6 Å². The SMILES string of the molecule is CCOP(=O)(OCC)C(Nc1ccccc1)c1ccc(C(Nc2ccccc2)P(=O)(OCC)OCC)cc1. The van der Waals surface area contributed by atoms with Crippen molar-refractivity contribution in [1.29, 1.82) is 0 Å². The average molecular weight is 561 g/mol. The van der Waals surface area contributed by atoms with E-state index in [1.807, 2.05) is 84.9 Å². The van der Waals surface area contributed by atoms with Crippen LogP contribution in [0.4, 0.5) is 11.4 Å². The number of anilines is 2. The van der Waals surface area contributed by atoms with Crippen molar-refractivity contribution in [1.82, 2.24) is 0 Å². The molecule has 10 heteroatoms. The topological polar surface area (TPSA) is 95.1 Å². The molecule has 3 aromatic carbocycles. The molecule has 3 rings (SSSR count). The number of rotatable bonds is 16. The lowest BCUT2D eigenvalue weighted by Gasteiger charge is -2.30. The fourth-order valence-corrected chi connectivity index (χ4v) is 7.90. The highest BCUT2D eigenvalue weighted by atomic mass is 31.2. The first-order chi connectivity index (χ1) is 18.4. The summed E-state index contributed by atoms with van der Waals surface area (Å²) >= 11 is 0. The van der Waals surface area contributed by atoms with E-state index in [-0.39, 0.29) is 26.4 Å². The van der Waals surface area contributed by atoms with Crippen molar-refractivity contribution in [2.24, 2.45) is 0 Å². The maximum absolute atomic E-state index is 13.9. The van der Waals surface area contributed by atoms with Crippen LogP contribution in [0.15, 0.2) is 84.9 Å². The Morgan fingerprint density at radius 2 is 0.816 bits per heavy atom. The molecule has 0 radical (unpaired) electrons. The van der Waals surface area contributed by atoms with E-state index in [0.717, 1.165) is 11.4 Å². The molecule has 0 aliphatic heterocycles. The third kappa shape index (κ3) is 7.79. The van der Waals surface area contributed by atoms with Gasteiger partial charge < -0.3 is 28.7 Å². The van der Waals surface area contributed by atoms with Crippen LogP contribution in [0.2, 0.25) is 0 Å². The summed E-state index contributed by atoms with van der Waals surface area (Å²) in [6, 6.07) is 26.3. The first kappa shape index (κ1) is 30.1. The summed E-state index contributed by atoms with van der Waals surface area (Å²) in [7, 11) is -7.19. The maximum Gasteiger partial charge on any atom is 0.357 e. The van der Waals surface area contributed by atoms with Crippen LogP contribution in [-0.4, -0.2) is 26.4 Å². The summed E-state index contributed by atoms with van der Waals surface area (Å²) in [6.07, 6.45) is 0. The lowest BCUT2D eigenvalue weighted by atomic mass is 10.1. The van der Waals surface area contributed by atoms with E-state index in [1.165, 1.54) is 0 Å². The fourth-order valence-electron chi connectivity index (χ4n) is 4.03. The minimum atomic E-state index is -3.60. The summed E-state index contributed by atoms with van der Waals surface area (Å²) in [4.78, 5) is 0. The second kappa shape index (κ2) is 14.6. The third-order valence-corrected chi connectivity index (χ3v) is 10.2. The van der Waals surface area contributed by atoms with Gasteiger partial charge in [0.25, 0.3) is 0 Å². The first-order valence-electron chi connectivity index (χ1n) is 12.9. The Labute approximate surface area is 226 Å². The van der Waals surface area contributed by atoms with Crippen molar-refractivity contribution in [2.75, 3.05) is 37.1 Å². The predicted octanol–water partition coefficient (Wildman–Crippen LogP) is 8.44. The highest BCUT2D eigenvalue weighted by Crippen LogP contribution is 2.62. The lowest BCUT2D eigenvalue weighted by Crippen LogP contribution is -2.17. The smallest absolute Gasteiger partial charge is 0.357 e. The number of benzene rings is 3. The first-order valence-corrected chi connectivity index (χ1v) is 16.1. The number of hydrogen-bond acceptors (Lipinski definition) is 8. The zero-order valence-corrected chi connectivity index (χ0v) is 24.2. The molecule has 3 aromatic rings. The molecule has 0 amide bonds. The summed E-state index contributed by atoms with van der Waals surface area (Å²) in [5.74, 6) is -1.52. The van der Waals surface area contributed by atoms with E-state index < -0.39 is 26.8 Å². The Morgan fingerprint density at radius 3 is 1.08 bits per heavy atom. The molecule has 0 fully saturated rings. The second-order valence-corrected chi connectivity index (χ2v) is 12.5. The molecule has 0 aliphatic carbocycles. The van der Waals surface area contributed by atoms with Crippen LogP contribution < -0.4 is 10.6 Å². The van der Waals surface area contributed by atoms with Crippen molar-refractivity contribution in [3.63, 3.8) is 0 Å². The Morgan fingerprint density at radius 1 is 0.526 bits per heavy atom. The Kier molecular flexibility index (Phi) is 11.6. The van der Waals surface area contributed by atoms with Crippen LogP contribution in [-0.2, 0) is 27.2 Å². The van der Waals surface area contributed by atoms with E-state index in [9.17, 15) is 9.13 Å². The zero-order valence-electron chi connectivity index (χ0n) is 22.4. The molecule has 2 N–H and O–H groups in total. The molecule has 8 nitrogen and oxygen atoms in total. The van der Waals surface area contributed by atoms with E-state index in [4.69, 9.17) is 18.1 Å². The molecular formula is C28H38N2O6P2. The van der Waals surface area contributed by atoms with E-state index in [1.54, 1.807) is 27.7 Å². The highest BCUT2D eigenvalue weighted by Gasteiger charge is 2.39. The van der Waals surface area contributed by atoms with E-state index in [0.29, 0.717) is 11.1 Å². The molecule has 0 bridgehead atoms.